The van der Waals surface area contributed by atoms with E-state index in [0.29, 0.717) is 26.4 Å². The van der Waals surface area contributed by atoms with Gasteiger partial charge in [-0.15, -0.1) is 0 Å². The number of fused-ring (bicyclic) bond motifs is 1. The van der Waals surface area contributed by atoms with E-state index in [-0.39, 0.29) is 27.3 Å². The van der Waals surface area contributed by atoms with Crippen LogP contribution < -0.4 is 9.04 Å². The van der Waals surface area contributed by atoms with Gasteiger partial charge in [-0.25, -0.2) is 13.2 Å². The number of ether oxygens (including phenoxy) is 1. The molecule has 1 amide bonds. The molecule has 6 nitrogen and oxygen atoms in total. The van der Waals surface area contributed by atoms with Crippen molar-refractivity contribution in [2.45, 2.75) is 31.1 Å². The molecule has 0 aliphatic heterocycles. The number of esters is 1. The number of hydrogen-bond donors (Lipinski definition) is 0. The second-order valence-electron chi connectivity index (χ2n) is 10.9. The lowest BCUT2D eigenvalue weighted by Gasteiger charge is -2.25. The van der Waals surface area contributed by atoms with Gasteiger partial charge in [-0.3, -0.25) is 4.79 Å². The summed E-state index contributed by atoms with van der Waals surface area (Å²) in [6.45, 7) is 6.08. The standard InChI is InChI=1S/C34H27Cl2NO5S/c1-34(2,3)24-12-18-27(19-13-24)43(40,41)37(32(38)22-8-14-25(35)15-9-22)30-20-21-31(29-7-5-4-6-28(29)30)42-33(39)23-10-16-26(36)17-11-23/h4-21H,1-3H3. The van der Waals surface area contributed by atoms with Crippen LogP contribution >= 0.6 is 23.2 Å². The van der Waals surface area contributed by atoms with E-state index in [2.05, 4.69) is 0 Å². The Morgan fingerprint density at radius 2 is 1.21 bits per heavy atom. The van der Waals surface area contributed by atoms with Crippen LogP contribution in [0.3, 0.4) is 0 Å². The van der Waals surface area contributed by atoms with Gasteiger partial charge >= 0.3 is 5.97 Å². The van der Waals surface area contributed by atoms with Gasteiger partial charge in [-0.05, 0) is 83.8 Å². The van der Waals surface area contributed by atoms with Crippen molar-refractivity contribution in [3.63, 3.8) is 0 Å². The minimum Gasteiger partial charge on any atom is -0.422 e. The van der Waals surface area contributed by atoms with Crippen molar-refractivity contribution in [3.05, 3.63) is 136 Å². The molecule has 0 aliphatic carbocycles. The van der Waals surface area contributed by atoms with Crippen molar-refractivity contribution in [3.8, 4) is 5.75 Å². The first-order valence-corrected chi connectivity index (χ1v) is 15.5. The van der Waals surface area contributed by atoms with Crippen molar-refractivity contribution in [2.24, 2.45) is 0 Å². The maximum Gasteiger partial charge on any atom is 0.343 e. The summed E-state index contributed by atoms with van der Waals surface area (Å²) in [5, 5.41) is 1.71. The van der Waals surface area contributed by atoms with E-state index >= 15 is 0 Å². The number of carbonyl (C=O) groups is 2. The van der Waals surface area contributed by atoms with Crippen LogP contribution in [0.4, 0.5) is 5.69 Å². The average molecular weight is 633 g/mol. The van der Waals surface area contributed by atoms with E-state index in [1.807, 2.05) is 20.8 Å². The smallest absolute Gasteiger partial charge is 0.343 e. The molecule has 0 atom stereocenters. The monoisotopic (exact) mass is 631 g/mol. The minimum atomic E-state index is -4.42. The predicted octanol–water partition coefficient (Wildman–Crippen LogP) is 8.70. The van der Waals surface area contributed by atoms with E-state index < -0.39 is 21.9 Å². The highest BCUT2D eigenvalue weighted by Gasteiger charge is 2.34. The average Bonchev–Trinajstić information content (AvgIpc) is 2.98. The van der Waals surface area contributed by atoms with Gasteiger partial charge in [0.1, 0.15) is 5.75 Å². The summed E-state index contributed by atoms with van der Waals surface area (Å²) in [5.41, 5.74) is 1.26. The third kappa shape index (κ3) is 6.30. The van der Waals surface area contributed by atoms with Crippen LogP contribution in [0.1, 0.15) is 47.1 Å². The molecule has 5 rings (SSSR count). The zero-order valence-corrected chi connectivity index (χ0v) is 25.9. The first-order chi connectivity index (χ1) is 20.4. The lowest BCUT2D eigenvalue weighted by atomic mass is 9.87. The Balaban J connectivity index is 1.65. The topological polar surface area (TPSA) is 80.8 Å². The highest BCUT2D eigenvalue weighted by atomic mass is 35.5. The summed E-state index contributed by atoms with van der Waals surface area (Å²) in [4.78, 5) is 26.9. The first kappa shape index (κ1) is 30.3. The van der Waals surface area contributed by atoms with E-state index in [1.54, 1.807) is 60.7 Å². The van der Waals surface area contributed by atoms with Crippen molar-refractivity contribution in [2.75, 3.05) is 4.31 Å². The molecule has 0 saturated heterocycles. The van der Waals surface area contributed by atoms with Crippen LogP contribution in [-0.4, -0.2) is 20.3 Å². The highest BCUT2D eigenvalue weighted by molar-refractivity contribution is 7.93. The number of amides is 1. The molecule has 0 saturated carbocycles. The van der Waals surface area contributed by atoms with Crippen LogP contribution in [0.5, 0.6) is 5.75 Å². The van der Waals surface area contributed by atoms with Crippen LogP contribution in [-0.2, 0) is 15.4 Å². The van der Waals surface area contributed by atoms with Gasteiger partial charge in [0.2, 0.25) is 0 Å². The third-order valence-electron chi connectivity index (χ3n) is 6.90. The molecule has 0 spiro atoms. The largest absolute Gasteiger partial charge is 0.422 e. The molecular formula is C34H27Cl2NO5S. The molecule has 0 N–H and O–H groups in total. The number of halogens is 2. The summed E-state index contributed by atoms with van der Waals surface area (Å²) < 4.78 is 35.1. The molecule has 0 heterocycles. The molecule has 0 aromatic heterocycles. The molecule has 0 fully saturated rings. The van der Waals surface area contributed by atoms with Crippen molar-refractivity contribution < 1.29 is 22.7 Å². The molecule has 5 aromatic rings. The summed E-state index contributed by atoms with van der Waals surface area (Å²) >= 11 is 12.0. The molecule has 0 unspecified atom stereocenters. The third-order valence-corrected chi connectivity index (χ3v) is 9.11. The van der Waals surface area contributed by atoms with Gasteiger partial charge in [-0.1, -0.05) is 80.4 Å². The predicted molar refractivity (Wildman–Crippen MR) is 171 cm³/mol. The maximum atomic E-state index is 14.3. The number of hydrogen-bond acceptors (Lipinski definition) is 5. The molecular weight excluding hydrogens is 605 g/mol. The SMILES string of the molecule is CC(C)(C)c1ccc(S(=O)(=O)N(C(=O)c2ccc(Cl)cc2)c2ccc(OC(=O)c3ccc(Cl)cc3)c3ccccc23)cc1. The fourth-order valence-corrected chi connectivity index (χ4v) is 6.24. The van der Waals surface area contributed by atoms with Gasteiger partial charge in [0, 0.05) is 26.4 Å². The molecule has 9 heteroatoms. The van der Waals surface area contributed by atoms with Gasteiger partial charge in [0.15, 0.2) is 0 Å². The Morgan fingerprint density at radius 3 is 1.77 bits per heavy atom. The number of anilines is 1. The number of carbonyl (C=O) groups excluding carboxylic acids is 2. The Hall–Kier alpha value is -4.17. The molecule has 43 heavy (non-hydrogen) atoms. The normalized spacial score (nSPS) is 11.7. The van der Waals surface area contributed by atoms with E-state index in [0.717, 1.165) is 9.87 Å². The van der Waals surface area contributed by atoms with Gasteiger partial charge < -0.3 is 4.74 Å². The zero-order chi connectivity index (χ0) is 30.9. The summed E-state index contributed by atoms with van der Waals surface area (Å²) in [6.07, 6.45) is 0. The van der Waals surface area contributed by atoms with E-state index in [4.69, 9.17) is 27.9 Å². The number of sulfonamides is 1. The highest BCUT2D eigenvalue weighted by Crippen LogP contribution is 2.38. The quantitative estimate of drug-likeness (QED) is 0.138. The zero-order valence-electron chi connectivity index (χ0n) is 23.5. The second kappa shape index (κ2) is 11.8. The number of nitrogens with zero attached hydrogens (tertiary/aromatic N) is 1. The summed E-state index contributed by atoms with van der Waals surface area (Å²) in [5.74, 6) is -1.19. The van der Waals surface area contributed by atoms with Crippen LogP contribution in [0.15, 0.2) is 114 Å². The Kier molecular flexibility index (Phi) is 8.34. The molecule has 5 aromatic carbocycles. The minimum absolute atomic E-state index is 0.0508. The Bertz CT molecular complexity index is 1930. The second-order valence-corrected chi connectivity index (χ2v) is 13.5. The van der Waals surface area contributed by atoms with E-state index in [1.165, 1.54) is 48.5 Å². The lowest BCUT2D eigenvalue weighted by Crippen LogP contribution is -2.37. The van der Waals surface area contributed by atoms with Gasteiger partial charge in [0.05, 0.1) is 16.1 Å². The van der Waals surface area contributed by atoms with Crippen molar-refractivity contribution in [1.29, 1.82) is 0 Å². The molecule has 0 radical (unpaired) electrons. The van der Waals surface area contributed by atoms with Crippen molar-refractivity contribution >= 4 is 61.6 Å². The number of benzene rings is 5. The molecule has 0 bridgehead atoms. The Morgan fingerprint density at radius 1 is 0.674 bits per heavy atom. The van der Waals surface area contributed by atoms with Crippen LogP contribution in [0.25, 0.3) is 10.8 Å². The van der Waals surface area contributed by atoms with Crippen LogP contribution in [0.2, 0.25) is 10.0 Å². The maximum absolute atomic E-state index is 14.3. The molecule has 218 valence electrons. The fraction of sp³-hybridized carbons (Fsp3) is 0.118. The molecule has 0 aliphatic rings. The summed E-state index contributed by atoms with van der Waals surface area (Å²) in [6, 6.07) is 28.5. The van der Waals surface area contributed by atoms with E-state index in [9.17, 15) is 18.0 Å². The Labute approximate surface area is 260 Å². The van der Waals surface area contributed by atoms with Gasteiger partial charge in [-0.2, -0.15) is 4.31 Å². The number of rotatable bonds is 6. The van der Waals surface area contributed by atoms with Gasteiger partial charge in [0.25, 0.3) is 15.9 Å². The van der Waals surface area contributed by atoms with Crippen LogP contribution in [0, 0.1) is 0 Å². The lowest BCUT2D eigenvalue weighted by molar-refractivity contribution is 0.0736. The fourth-order valence-electron chi connectivity index (χ4n) is 4.56. The first-order valence-electron chi connectivity index (χ1n) is 13.3. The summed E-state index contributed by atoms with van der Waals surface area (Å²) in [7, 11) is -4.42. The van der Waals surface area contributed by atoms with Crippen molar-refractivity contribution in [1.82, 2.24) is 0 Å².